The van der Waals surface area contributed by atoms with Crippen LogP contribution in [-0.2, 0) is 6.54 Å². The molecule has 3 aromatic rings. The fourth-order valence-corrected chi connectivity index (χ4v) is 2.35. The quantitative estimate of drug-likeness (QED) is 0.714. The van der Waals surface area contributed by atoms with Crippen molar-refractivity contribution < 1.29 is 4.74 Å². The summed E-state index contributed by atoms with van der Waals surface area (Å²) < 4.78 is 7.57. The van der Waals surface area contributed by atoms with Crippen LogP contribution in [0.1, 0.15) is 11.1 Å². The lowest BCUT2D eigenvalue weighted by Gasteiger charge is -2.10. The highest BCUT2D eigenvalue weighted by Gasteiger charge is 2.07. The number of aryl methyl sites for hydroxylation is 1. The molecule has 0 unspecified atom stereocenters. The monoisotopic (exact) mass is 252 g/mol. The Morgan fingerprint density at radius 2 is 2.00 bits per heavy atom. The Morgan fingerprint density at radius 3 is 2.84 bits per heavy atom. The maximum atomic E-state index is 5.43. The van der Waals surface area contributed by atoms with Gasteiger partial charge < -0.3 is 9.30 Å². The fourth-order valence-electron chi connectivity index (χ4n) is 2.35. The minimum absolute atomic E-state index is 0.769. The molecule has 96 valence electrons. The largest absolute Gasteiger partial charge is 0.496 e. The third-order valence-corrected chi connectivity index (χ3v) is 3.30. The zero-order valence-corrected chi connectivity index (χ0v) is 11.1. The van der Waals surface area contributed by atoms with E-state index in [0.717, 1.165) is 23.3 Å². The van der Waals surface area contributed by atoms with Gasteiger partial charge in [-0.05, 0) is 25.1 Å². The number of benzene rings is 2. The van der Waals surface area contributed by atoms with Crippen LogP contribution in [-0.4, -0.2) is 16.7 Å². The van der Waals surface area contributed by atoms with E-state index in [-0.39, 0.29) is 0 Å². The molecule has 2 aromatic carbocycles. The number of methoxy groups -OCH3 is 1. The molecule has 0 saturated carbocycles. The van der Waals surface area contributed by atoms with Crippen LogP contribution in [0.15, 0.2) is 48.8 Å². The summed E-state index contributed by atoms with van der Waals surface area (Å²) in [6.07, 6.45) is 1.88. The Kier molecular flexibility index (Phi) is 2.95. The van der Waals surface area contributed by atoms with Gasteiger partial charge in [-0.25, -0.2) is 4.98 Å². The normalized spacial score (nSPS) is 10.8. The second kappa shape index (κ2) is 4.76. The number of hydrogen-bond acceptors (Lipinski definition) is 2. The first-order valence-electron chi connectivity index (χ1n) is 6.31. The number of rotatable bonds is 3. The van der Waals surface area contributed by atoms with E-state index >= 15 is 0 Å². The lowest BCUT2D eigenvalue weighted by atomic mass is 10.1. The third-order valence-electron chi connectivity index (χ3n) is 3.30. The Bertz CT molecular complexity index is 716. The first-order chi connectivity index (χ1) is 9.28. The molecule has 0 aliphatic heterocycles. The molecule has 0 fully saturated rings. The molecule has 0 saturated heterocycles. The van der Waals surface area contributed by atoms with Crippen molar-refractivity contribution in [3.63, 3.8) is 0 Å². The summed E-state index contributed by atoms with van der Waals surface area (Å²) in [4.78, 5) is 4.41. The van der Waals surface area contributed by atoms with Crippen LogP contribution >= 0.6 is 0 Å². The zero-order chi connectivity index (χ0) is 13.2. The minimum Gasteiger partial charge on any atom is -0.496 e. The van der Waals surface area contributed by atoms with Crippen molar-refractivity contribution >= 4 is 11.0 Å². The van der Waals surface area contributed by atoms with E-state index in [0.29, 0.717) is 0 Å². The second-order valence-electron chi connectivity index (χ2n) is 4.68. The summed E-state index contributed by atoms with van der Waals surface area (Å²) in [5, 5.41) is 0. The van der Waals surface area contributed by atoms with E-state index < -0.39 is 0 Å². The van der Waals surface area contributed by atoms with Gasteiger partial charge >= 0.3 is 0 Å². The summed E-state index contributed by atoms with van der Waals surface area (Å²) >= 11 is 0. The number of imidazole rings is 1. The van der Waals surface area contributed by atoms with E-state index in [1.54, 1.807) is 7.11 Å². The van der Waals surface area contributed by atoms with Crippen LogP contribution in [0.3, 0.4) is 0 Å². The molecule has 0 spiro atoms. The van der Waals surface area contributed by atoms with Gasteiger partial charge in [0, 0.05) is 5.56 Å². The lowest BCUT2D eigenvalue weighted by Crippen LogP contribution is -2.01. The molecule has 3 heteroatoms. The predicted octanol–water partition coefficient (Wildman–Crippen LogP) is 3.40. The Balaban J connectivity index is 2.03. The average molecular weight is 252 g/mol. The van der Waals surface area contributed by atoms with Gasteiger partial charge in [-0.2, -0.15) is 0 Å². The Hall–Kier alpha value is -2.29. The molecule has 19 heavy (non-hydrogen) atoms. The van der Waals surface area contributed by atoms with Crippen molar-refractivity contribution in [1.29, 1.82) is 0 Å². The number of hydrogen-bond donors (Lipinski definition) is 0. The molecule has 0 amide bonds. The molecular formula is C16H16N2O. The van der Waals surface area contributed by atoms with E-state index in [2.05, 4.69) is 34.7 Å². The van der Waals surface area contributed by atoms with Crippen LogP contribution in [0, 0.1) is 6.92 Å². The van der Waals surface area contributed by atoms with Gasteiger partial charge in [0.05, 0.1) is 31.0 Å². The van der Waals surface area contributed by atoms with E-state index in [1.165, 1.54) is 11.1 Å². The van der Waals surface area contributed by atoms with Crippen molar-refractivity contribution in [1.82, 2.24) is 9.55 Å². The topological polar surface area (TPSA) is 27.1 Å². The summed E-state index contributed by atoms with van der Waals surface area (Å²) in [6.45, 7) is 2.86. The standard InChI is InChI=1S/C16H16N2O/c1-12-7-8-16(19-2)13(9-12)10-18-11-17-14-5-3-4-6-15(14)18/h3-9,11H,10H2,1-2H3. The van der Waals surface area contributed by atoms with Crippen molar-refractivity contribution in [2.24, 2.45) is 0 Å². The molecule has 3 rings (SSSR count). The highest BCUT2D eigenvalue weighted by atomic mass is 16.5. The van der Waals surface area contributed by atoms with Crippen LogP contribution in [0.4, 0.5) is 0 Å². The van der Waals surface area contributed by atoms with Crippen molar-refractivity contribution in [2.75, 3.05) is 7.11 Å². The van der Waals surface area contributed by atoms with Gasteiger partial charge in [0.15, 0.2) is 0 Å². The summed E-state index contributed by atoms with van der Waals surface area (Å²) in [5.41, 5.74) is 4.58. The van der Waals surface area contributed by atoms with Gasteiger partial charge in [0.2, 0.25) is 0 Å². The van der Waals surface area contributed by atoms with Crippen molar-refractivity contribution in [3.05, 3.63) is 59.9 Å². The predicted molar refractivity (Wildman–Crippen MR) is 76.6 cm³/mol. The number of ether oxygens (including phenoxy) is 1. The molecule has 0 radical (unpaired) electrons. The molecule has 3 nitrogen and oxygen atoms in total. The van der Waals surface area contributed by atoms with Gasteiger partial charge in [0.25, 0.3) is 0 Å². The van der Waals surface area contributed by atoms with Crippen LogP contribution in [0.2, 0.25) is 0 Å². The van der Waals surface area contributed by atoms with Crippen molar-refractivity contribution in [2.45, 2.75) is 13.5 Å². The SMILES string of the molecule is COc1ccc(C)cc1Cn1cnc2ccccc21. The molecule has 1 heterocycles. The van der Waals surface area contributed by atoms with Crippen LogP contribution in [0.5, 0.6) is 5.75 Å². The van der Waals surface area contributed by atoms with Gasteiger partial charge in [-0.15, -0.1) is 0 Å². The smallest absolute Gasteiger partial charge is 0.123 e. The number of nitrogens with zero attached hydrogens (tertiary/aromatic N) is 2. The number of para-hydroxylation sites is 2. The molecule has 1 aromatic heterocycles. The molecule has 0 aliphatic carbocycles. The summed E-state index contributed by atoms with van der Waals surface area (Å²) in [6, 6.07) is 14.4. The lowest BCUT2D eigenvalue weighted by molar-refractivity contribution is 0.408. The van der Waals surface area contributed by atoms with Crippen molar-refractivity contribution in [3.8, 4) is 5.75 Å². The first kappa shape index (κ1) is 11.8. The van der Waals surface area contributed by atoms with Gasteiger partial charge in [-0.3, -0.25) is 0 Å². The molecule has 0 N–H and O–H groups in total. The average Bonchev–Trinajstić information content (AvgIpc) is 2.83. The molecule has 0 bridgehead atoms. The first-order valence-corrected chi connectivity index (χ1v) is 6.31. The molecule has 0 atom stereocenters. The highest BCUT2D eigenvalue weighted by Crippen LogP contribution is 2.22. The maximum absolute atomic E-state index is 5.43. The fraction of sp³-hybridized carbons (Fsp3) is 0.188. The van der Waals surface area contributed by atoms with Gasteiger partial charge in [-0.1, -0.05) is 29.8 Å². The van der Waals surface area contributed by atoms with E-state index in [1.807, 2.05) is 30.6 Å². The zero-order valence-electron chi connectivity index (χ0n) is 11.1. The van der Waals surface area contributed by atoms with E-state index in [9.17, 15) is 0 Å². The molecular weight excluding hydrogens is 236 g/mol. The molecule has 0 aliphatic rings. The number of fused-ring (bicyclic) bond motifs is 1. The summed E-state index contributed by atoms with van der Waals surface area (Å²) in [7, 11) is 1.71. The van der Waals surface area contributed by atoms with Crippen LogP contribution in [0.25, 0.3) is 11.0 Å². The third kappa shape index (κ3) is 2.19. The van der Waals surface area contributed by atoms with Gasteiger partial charge in [0.1, 0.15) is 5.75 Å². The van der Waals surface area contributed by atoms with E-state index in [4.69, 9.17) is 4.74 Å². The van der Waals surface area contributed by atoms with Crippen LogP contribution < -0.4 is 4.74 Å². The summed E-state index contributed by atoms with van der Waals surface area (Å²) in [5.74, 6) is 0.920. The maximum Gasteiger partial charge on any atom is 0.123 e. The number of aromatic nitrogens is 2. The Labute approximate surface area is 112 Å². The second-order valence-corrected chi connectivity index (χ2v) is 4.68. The highest BCUT2D eigenvalue weighted by molar-refractivity contribution is 5.75. The minimum atomic E-state index is 0.769. The Morgan fingerprint density at radius 1 is 1.16 bits per heavy atom.